The average molecular weight is 362 g/mol. The van der Waals surface area contributed by atoms with Gasteiger partial charge in [-0.1, -0.05) is 6.07 Å². The Hall–Kier alpha value is -3.68. The summed E-state index contributed by atoms with van der Waals surface area (Å²) in [5.41, 5.74) is 3.47. The van der Waals surface area contributed by atoms with Crippen molar-refractivity contribution in [3.05, 3.63) is 66.1 Å². The summed E-state index contributed by atoms with van der Waals surface area (Å²) in [5.74, 6) is 0.675. The minimum atomic E-state index is -0.137. The van der Waals surface area contributed by atoms with Crippen LogP contribution in [0.25, 0.3) is 16.6 Å². The number of nitrogens with one attached hydrogen (secondary N) is 2. The lowest BCUT2D eigenvalue weighted by Gasteiger charge is -2.07. The molecule has 4 rings (SSSR count). The van der Waals surface area contributed by atoms with E-state index in [9.17, 15) is 4.79 Å². The number of aromatic nitrogens is 5. The zero-order valence-electron chi connectivity index (χ0n) is 14.7. The van der Waals surface area contributed by atoms with Gasteiger partial charge in [0.2, 0.25) is 0 Å². The summed E-state index contributed by atoms with van der Waals surface area (Å²) in [6.07, 6.45) is 4.17. The number of hydrogen-bond donors (Lipinski definition) is 2. The van der Waals surface area contributed by atoms with Crippen LogP contribution >= 0.6 is 0 Å². The lowest BCUT2D eigenvalue weighted by molar-refractivity contribution is 0.0954. The predicted molar refractivity (Wildman–Crippen MR) is 100 cm³/mol. The van der Waals surface area contributed by atoms with E-state index in [2.05, 4.69) is 25.8 Å². The van der Waals surface area contributed by atoms with Gasteiger partial charge in [0.25, 0.3) is 5.91 Å². The summed E-state index contributed by atoms with van der Waals surface area (Å²) in [4.78, 5) is 15.7. The van der Waals surface area contributed by atoms with Gasteiger partial charge in [0.05, 0.1) is 12.8 Å². The second-order valence-electron chi connectivity index (χ2n) is 6.04. The number of amides is 1. The zero-order chi connectivity index (χ0) is 18.6. The largest absolute Gasteiger partial charge is 0.497 e. The molecule has 0 saturated carbocycles. The first kappa shape index (κ1) is 16.8. The first-order chi connectivity index (χ1) is 13.2. The number of benzene rings is 2. The molecule has 0 bridgehead atoms. The Morgan fingerprint density at radius 3 is 3.00 bits per heavy atom. The van der Waals surface area contributed by atoms with Crippen LogP contribution < -0.4 is 10.1 Å². The van der Waals surface area contributed by atoms with Crippen molar-refractivity contribution < 1.29 is 9.53 Å². The van der Waals surface area contributed by atoms with Crippen molar-refractivity contribution in [1.82, 2.24) is 30.5 Å². The van der Waals surface area contributed by atoms with Crippen LogP contribution in [0.15, 0.2) is 55.0 Å². The van der Waals surface area contributed by atoms with Crippen LogP contribution in [0, 0.1) is 0 Å². The monoisotopic (exact) mass is 362 g/mol. The van der Waals surface area contributed by atoms with Gasteiger partial charge in [-0.3, -0.25) is 4.79 Å². The summed E-state index contributed by atoms with van der Waals surface area (Å²) < 4.78 is 6.80. The number of nitrogens with zero attached hydrogens (tertiary/aromatic N) is 4. The summed E-state index contributed by atoms with van der Waals surface area (Å²) in [6.45, 7) is 0.526. The van der Waals surface area contributed by atoms with Gasteiger partial charge in [0.15, 0.2) is 0 Å². The molecule has 1 amide bonds. The molecule has 0 saturated heterocycles. The molecule has 0 spiro atoms. The predicted octanol–water partition coefficient (Wildman–Crippen LogP) is 2.12. The summed E-state index contributed by atoms with van der Waals surface area (Å²) in [7, 11) is 1.65. The summed E-state index contributed by atoms with van der Waals surface area (Å²) in [6, 6.07) is 13.1. The van der Waals surface area contributed by atoms with Crippen molar-refractivity contribution in [2.24, 2.45) is 0 Å². The van der Waals surface area contributed by atoms with Gasteiger partial charge >= 0.3 is 0 Å². The summed E-state index contributed by atoms with van der Waals surface area (Å²) in [5, 5.41) is 15.1. The first-order valence-electron chi connectivity index (χ1n) is 8.50. The van der Waals surface area contributed by atoms with E-state index in [0.717, 1.165) is 27.9 Å². The molecule has 0 aliphatic carbocycles. The average Bonchev–Trinajstić information content (AvgIpc) is 3.38. The van der Waals surface area contributed by atoms with Gasteiger partial charge in [-0.05, 0) is 58.8 Å². The highest BCUT2D eigenvalue weighted by atomic mass is 16.5. The lowest BCUT2D eigenvalue weighted by Crippen LogP contribution is -2.25. The van der Waals surface area contributed by atoms with E-state index in [0.29, 0.717) is 18.5 Å². The number of rotatable bonds is 6. The molecule has 2 aromatic carbocycles. The van der Waals surface area contributed by atoms with Gasteiger partial charge in [-0.25, -0.2) is 4.68 Å². The van der Waals surface area contributed by atoms with Crippen LogP contribution in [-0.2, 0) is 6.42 Å². The molecule has 4 aromatic rings. The molecule has 136 valence electrons. The van der Waals surface area contributed by atoms with E-state index >= 15 is 0 Å². The number of carbonyl (C=O) groups is 1. The molecular formula is C19H18N6O2. The second-order valence-corrected chi connectivity index (χ2v) is 6.04. The Bertz CT molecular complexity index is 1070. The van der Waals surface area contributed by atoms with E-state index in [1.807, 2.05) is 30.5 Å². The van der Waals surface area contributed by atoms with Crippen molar-refractivity contribution in [2.45, 2.75) is 6.42 Å². The molecule has 0 aliphatic heterocycles. The second kappa shape index (κ2) is 7.28. The fourth-order valence-corrected chi connectivity index (χ4v) is 2.97. The van der Waals surface area contributed by atoms with Gasteiger partial charge in [0, 0.05) is 29.2 Å². The van der Waals surface area contributed by atoms with E-state index < -0.39 is 0 Å². The van der Waals surface area contributed by atoms with Crippen LogP contribution in [0.2, 0.25) is 0 Å². The Morgan fingerprint density at radius 1 is 1.26 bits per heavy atom. The smallest absolute Gasteiger partial charge is 0.251 e. The van der Waals surface area contributed by atoms with Crippen molar-refractivity contribution >= 4 is 16.8 Å². The van der Waals surface area contributed by atoms with Gasteiger partial charge in [-0.2, -0.15) is 0 Å². The topological polar surface area (TPSA) is 97.7 Å². The summed E-state index contributed by atoms with van der Waals surface area (Å²) >= 11 is 0. The highest BCUT2D eigenvalue weighted by Crippen LogP contribution is 2.23. The number of fused-ring (bicyclic) bond motifs is 1. The molecule has 0 aliphatic rings. The van der Waals surface area contributed by atoms with E-state index in [1.54, 1.807) is 25.3 Å². The Kier molecular flexibility index (Phi) is 4.52. The fourth-order valence-electron chi connectivity index (χ4n) is 2.97. The quantitative estimate of drug-likeness (QED) is 0.548. The molecule has 8 heteroatoms. The van der Waals surface area contributed by atoms with E-state index in [-0.39, 0.29) is 5.91 Å². The van der Waals surface area contributed by atoms with Crippen LogP contribution in [-0.4, -0.2) is 44.8 Å². The number of carbonyl (C=O) groups excluding carboxylic acids is 1. The number of hydrogen-bond acceptors (Lipinski definition) is 5. The Morgan fingerprint density at radius 2 is 2.19 bits per heavy atom. The zero-order valence-corrected chi connectivity index (χ0v) is 14.7. The molecule has 0 unspecified atom stereocenters. The maximum atomic E-state index is 12.5. The highest BCUT2D eigenvalue weighted by molar-refractivity contribution is 5.94. The molecule has 0 fully saturated rings. The van der Waals surface area contributed by atoms with Crippen LogP contribution in [0.5, 0.6) is 5.75 Å². The van der Waals surface area contributed by atoms with E-state index in [4.69, 9.17) is 4.74 Å². The standard InChI is InChI=1S/C19H18N6O2/c1-27-16-5-6-18-17(10-16)14(11-21-18)7-8-20-19(26)13-3-2-4-15(9-13)25-12-22-23-24-25/h2-6,9-12,21H,7-8H2,1H3,(H,20,26). The molecule has 0 radical (unpaired) electrons. The third-order valence-corrected chi connectivity index (χ3v) is 4.38. The molecule has 2 aromatic heterocycles. The Balaban J connectivity index is 1.42. The molecular weight excluding hydrogens is 344 g/mol. The van der Waals surface area contributed by atoms with Crippen molar-refractivity contribution in [1.29, 1.82) is 0 Å². The van der Waals surface area contributed by atoms with Crippen LogP contribution in [0.1, 0.15) is 15.9 Å². The van der Waals surface area contributed by atoms with Crippen LogP contribution in [0.3, 0.4) is 0 Å². The number of ether oxygens (including phenoxy) is 1. The molecule has 2 N–H and O–H groups in total. The maximum Gasteiger partial charge on any atom is 0.251 e. The number of H-pyrrole nitrogens is 1. The molecule has 27 heavy (non-hydrogen) atoms. The first-order valence-corrected chi connectivity index (χ1v) is 8.50. The van der Waals surface area contributed by atoms with Gasteiger partial charge in [-0.15, -0.1) is 5.10 Å². The number of methoxy groups -OCH3 is 1. The fraction of sp³-hybridized carbons (Fsp3) is 0.158. The van der Waals surface area contributed by atoms with E-state index in [1.165, 1.54) is 11.0 Å². The number of tetrazole rings is 1. The van der Waals surface area contributed by atoms with Crippen LogP contribution in [0.4, 0.5) is 0 Å². The maximum absolute atomic E-state index is 12.5. The minimum absolute atomic E-state index is 0.137. The SMILES string of the molecule is COc1ccc2[nH]cc(CCNC(=O)c3cccc(-n4cnnn4)c3)c2c1. The number of aromatic amines is 1. The normalized spacial score (nSPS) is 10.9. The molecule has 2 heterocycles. The third-order valence-electron chi connectivity index (χ3n) is 4.38. The molecule has 0 atom stereocenters. The molecule has 8 nitrogen and oxygen atoms in total. The third kappa shape index (κ3) is 3.50. The minimum Gasteiger partial charge on any atom is -0.497 e. The lowest BCUT2D eigenvalue weighted by atomic mass is 10.1. The van der Waals surface area contributed by atoms with Gasteiger partial charge in [0.1, 0.15) is 12.1 Å². The van der Waals surface area contributed by atoms with Crippen molar-refractivity contribution in [3.8, 4) is 11.4 Å². The van der Waals surface area contributed by atoms with Gasteiger partial charge < -0.3 is 15.0 Å². The van der Waals surface area contributed by atoms with Crippen molar-refractivity contribution in [3.63, 3.8) is 0 Å². The Labute approximate surface area is 155 Å². The van der Waals surface area contributed by atoms with Crippen molar-refractivity contribution in [2.75, 3.05) is 13.7 Å². The highest BCUT2D eigenvalue weighted by Gasteiger charge is 2.09.